The van der Waals surface area contributed by atoms with Gasteiger partial charge in [-0.1, -0.05) is 13.8 Å². The number of carbonyl (C=O) groups is 1. The Morgan fingerprint density at radius 3 is 2.41 bits per heavy atom. The molecule has 0 aliphatic heterocycles. The lowest BCUT2D eigenvalue weighted by molar-refractivity contribution is -0.269. The number of Topliss-reactive ketones (excluding diaryl/α,β-unsaturated/α-hetero) is 1. The van der Waals surface area contributed by atoms with Crippen molar-refractivity contribution in [2.24, 2.45) is 16.2 Å². The largest absolute Gasteiger partial charge is 0.390 e. The van der Waals surface area contributed by atoms with E-state index in [4.69, 9.17) is 0 Å². The molecule has 4 rings (SSSR count). The van der Waals surface area contributed by atoms with Gasteiger partial charge in [-0.3, -0.25) is 4.79 Å². The molecule has 0 aromatic rings. The van der Waals surface area contributed by atoms with Crippen molar-refractivity contribution in [3.8, 4) is 0 Å². The molecular formula is C14H22O3. The molecule has 4 aliphatic rings. The monoisotopic (exact) mass is 238 g/mol. The van der Waals surface area contributed by atoms with Crippen LogP contribution in [0.15, 0.2) is 0 Å². The Labute approximate surface area is 102 Å². The van der Waals surface area contributed by atoms with Crippen LogP contribution in [0.25, 0.3) is 0 Å². The number of fused-ring (bicyclic) bond motifs is 2. The highest BCUT2D eigenvalue weighted by Crippen LogP contribution is 2.73. The van der Waals surface area contributed by atoms with Crippen LogP contribution in [0.5, 0.6) is 0 Å². The van der Waals surface area contributed by atoms with Crippen LogP contribution in [0, 0.1) is 16.2 Å². The molecular weight excluding hydrogens is 216 g/mol. The summed E-state index contributed by atoms with van der Waals surface area (Å²) >= 11 is 0. The zero-order valence-corrected chi connectivity index (χ0v) is 10.9. The fourth-order valence-corrected chi connectivity index (χ4v) is 5.11. The van der Waals surface area contributed by atoms with Crippen molar-refractivity contribution in [1.82, 2.24) is 0 Å². The minimum absolute atomic E-state index is 0.145. The molecule has 2 N–H and O–H groups in total. The summed E-state index contributed by atoms with van der Waals surface area (Å²) in [6.45, 7) is 6.06. The Morgan fingerprint density at radius 2 is 1.82 bits per heavy atom. The fourth-order valence-electron chi connectivity index (χ4n) is 5.11. The minimum Gasteiger partial charge on any atom is -0.390 e. The van der Waals surface area contributed by atoms with Gasteiger partial charge < -0.3 is 10.2 Å². The first-order valence-corrected chi connectivity index (χ1v) is 6.65. The van der Waals surface area contributed by atoms with E-state index >= 15 is 0 Å². The Kier molecular flexibility index (Phi) is 1.90. The number of hydrogen-bond donors (Lipinski definition) is 2. The molecule has 4 fully saturated rings. The number of rotatable bonds is 0. The first-order chi connectivity index (χ1) is 7.71. The lowest BCUT2D eigenvalue weighted by Gasteiger charge is -2.67. The minimum atomic E-state index is -1.22. The van der Waals surface area contributed by atoms with Crippen LogP contribution in [0.2, 0.25) is 0 Å². The van der Waals surface area contributed by atoms with Crippen molar-refractivity contribution < 1.29 is 15.0 Å². The van der Waals surface area contributed by atoms with Crippen LogP contribution in [0.4, 0.5) is 0 Å². The summed E-state index contributed by atoms with van der Waals surface area (Å²) in [5, 5.41) is 21.4. The maximum Gasteiger partial charge on any atom is 0.142 e. The van der Waals surface area contributed by atoms with Crippen LogP contribution in [0.3, 0.4) is 0 Å². The molecule has 5 unspecified atom stereocenters. The van der Waals surface area contributed by atoms with Crippen LogP contribution in [-0.2, 0) is 4.79 Å². The lowest BCUT2D eigenvalue weighted by atomic mass is 9.38. The van der Waals surface area contributed by atoms with Crippen LogP contribution < -0.4 is 0 Å². The van der Waals surface area contributed by atoms with Gasteiger partial charge >= 0.3 is 0 Å². The molecule has 0 spiro atoms. The van der Waals surface area contributed by atoms with Gasteiger partial charge in [-0.25, -0.2) is 0 Å². The van der Waals surface area contributed by atoms with E-state index < -0.39 is 17.1 Å². The molecule has 0 aromatic heterocycles. The van der Waals surface area contributed by atoms with E-state index in [1.165, 1.54) is 0 Å². The lowest BCUT2D eigenvalue weighted by Crippen LogP contribution is -2.74. The van der Waals surface area contributed by atoms with Gasteiger partial charge in [0.05, 0.1) is 11.5 Å². The second kappa shape index (κ2) is 2.77. The predicted octanol–water partition coefficient (Wildman–Crippen LogP) is 1.66. The molecule has 17 heavy (non-hydrogen) atoms. The van der Waals surface area contributed by atoms with Crippen LogP contribution in [-0.4, -0.2) is 27.7 Å². The van der Waals surface area contributed by atoms with E-state index in [9.17, 15) is 15.0 Å². The number of aliphatic hydroxyl groups excluding tert-OH is 1. The van der Waals surface area contributed by atoms with E-state index in [-0.39, 0.29) is 16.6 Å². The van der Waals surface area contributed by atoms with Gasteiger partial charge in [0.1, 0.15) is 11.4 Å². The van der Waals surface area contributed by atoms with Crippen LogP contribution >= 0.6 is 0 Å². The molecule has 0 radical (unpaired) electrons. The first-order valence-electron chi connectivity index (χ1n) is 6.65. The highest BCUT2D eigenvalue weighted by atomic mass is 16.3. The standard InChI is InChI=1S/C14H22O3/c1-11-6-7-12(2,10(16)8-11)14(17)9(15)4-5-13(11,14)3/h9,15,17H,4-8H2,1-3H3. The number of carbonyl (C=O) groups excluding carboxylic acids is 1. The molecule has 3 nitrogen and oxygen atoms in total. The molecule has 4 saturated carbocycles. The summed E-state index contributed by atoms with van der Waals surface area (Å²) in [5.74, 6) is 0.146. The third-order valence-electron chi connectivity index (χ3n) is 6.76. The Bertz CT molecular complexity index is 406. The summed E-state index contributed by atoms with van der Waals surface area (Å²) in [6, 6.07) is 0. The fraction of sp³-hybridized carbons (Fsp3) is 0.929. The van der Waals surface area contributed by atoms with Crippen molar-refractivity contribution in [2.45, 2.75) is 64.6 Å². The molecule has 0 heterocycles. The Balaban J connectivity index is 2.26. The van der Waals surface area contributed by atoms with Crippen molar-refractivity contribution in [3.63, 3.8) is 0 Å². The molecule has 0 amide bonds. The van der Waals surface area contributed by atoms with Gasteiger partial charge in [0.25, 0.3) is 0 Å². The summed E-state index contributed by atoms with van der Waals surface area (Å²) in [5.41, 5.74) is -2.42. The van der Waals surface area contributed by atoms with Crippen molar-refractivity contribution in [3.05, 3.63) is 0 Å². The second-order valence-corrected chi connectivity index (χ2v) is 7.15. The van der Waals surface area contributed by atoms with Crippen LogP contribution in [0.1, 0.15) is 52.9 Å². The number of ketones is 1. The van der Waals surface area contributed by atoms with E-state index in [0.29, 0.717) is 19.3 Å². The average Bonchev–Trinajstić information content (AvgIpc) is 2.51. The molecule has 96 valence electrons. The normalized spacial score (nSPS) is 61.7. The summed E-state index contributed by atoms with van der Waals surface area (Å²) in [4.78, 5) is 12.3. The quantitative estimate of drug-likeness (QED) is 0.674. The van der Waals surface area contributed by atoms with E-state index in [2.05, 4.69) is 13.8 Å². The Morgan fingerprint density at radius 1 is 1.18 bits per heavy atom. The SMILES string of the molecule is CC12CCC(C)(C(=O)C1)C1(O)C(O)CCC21C. The predicted molar refractivity (Wildman–Crippen MR) is 63.4 cm³/mol. The van der Waals surface area contributed by atoms with E-state index in [0.717, 1.165) is 12.8 Å². The van der Waals surface area contributed by atoms with Gasteiger partial charge in [-0.05, 0) is 38.0 Å². The molecule has 4 aliphatic carbocycles. The number of hydrogen-bond acceptors (Lipinski definition) is 3. The van der Waals surface area contributed by atoms with E-state index in [1.54, 1.807) is 0 Å². The maximum absolute atomic E-state index is 12.3. The zero-order valence-electron chi connectivity index (χ0n) is 10.9. The van der Waals surface area contributed by atoms with Gasteiger partial charge in [0, 0.05) is 11.8 Å². The average molecular weight is 238 g/mol. The molecule has 2 bridgehead atoms. The first kappa shape index (κ1) is 11.7. The Hall–Kier alpha value is -0.410. The summed E-state index contributed by atoms with van der Waals surface area (Å²) < 4.78 is 0. The highest BCUT2D eigenvalue weighted by molar-refractivity contribution is 5.89. The summed E-state index contributed by atoms with van der Waals surface area (Å²) in [6.07, 6.45) is 2.96. The van der Waals surface area contributed by atoms with Gasteiger partial charge in [0.15, 0.2) is 0 Å². The second-order valence-electron chi connectivity index (χ2n) is 7.15. The van der Waals surface area contributed by atoms with E-state index in [1.807, 2.05) is 6.92 Å². The number of aliphatic hydroxyl groups is 2. The smallest absolute Gasteiger partial charge is 0.142 e. The highest BCUT2D eigenvalue weighted by Gasteiger charge is 2.78. The maximum atomic E-state index is 12.3. The van der Waals surface area contributed by atoms with Crippen molar-refractivity contribution in [1.29, 1.82) is 0 Å². The third-order valence-corrected chi connectivity index (χ3v) is 6.76. The topological polar surface area (TPSA) is 57.5 Å². The summed E-state index contributed by atoms with van der Waals surface area (Å²) in [7, 11) is 0. The molecule has 0 saturated heterocycles. The van der Waals surface area contributed by atoms with Gasteiger partial charge in [0.2, 0.25) is 0 Å². The van der Waals surface area contributed by atoms with Gasteiger partial charge in [-0.2, -0.15) is 0 Å². The van der Waals surface area contributed by atoms with Crippen molar-refractivity contribution in [2.75, 3.05) is 0 Å². The molecule has 3 heteroatoms. The zero-order chi connectivity index (χ0) is 12.7. The molecule has 5 atom stereocenters. The third kappa shape index (κ3) is 0.899. The molecule has 0 aromatic carbocycles. The van der Waals surface area contributed by atoms with Gasteiger partial charge in [-0.15, -0.1) is 0 Å². The van der Waals surface area contributed by atoms with Crippen molar-refractivity contribution >= 4 is 5.78 Å².